The lowest BCUT2D eigenvalue weighted by Gasteiger charge is -2.12. The van der Waals surface area contributed by atoms with E-state index in [9.17, 15) is 19.7 Å². The van der Waals surface area contributed by atoms with Crippen LogP contribution < -0.4 is 14.9 Å². The summed E-state index contributed by atoms with van der Waals surface area (Å²) >= 11 is 3.31. The molecule has 33 heavy (non-hydrogen) atoms. The molecule has 0 aliphatic carbocycles. The molecule has 3 aromatic rings. The molecule has 0 unspecified atom stereocenters. The van der Waals surface area contributed by atoms with Crippen molar-refractivity contribution >= 4 is 39.7 Å². The number of nitro benzene ring substituents is 1. The molecule has 0 radical (unpaired) electrons. The van der Waals surface area contributed by atoms with Gasteiger partial charge in [-0.3, -0.25) is 14.9 Å². The Hall–Kier alpha value is -4.05. The predicted molar refractivity (Wildman–Crippen MR) is 124 cm³/mol. The van der Waals surface area contributed by atoms with Gasteiger partial charge in [-0.15, -0.1) is 0 Å². The number of nitrogens with zero attached hydrogens (tertiary/aromatic N) is 2. The topological polar surface area (TPSA) is 120 Å². The lowest BCUT2D eigenvalue weighted by atomic mass is 10.2. The molecule has 9 nitrogen and oxygen atoms in total. The first-order valence-electron chi connectivity index (χ1n) is 9.64. The number of nitrogens with one attached hydrogen (secondary N) is 1. The number of esters is 1. The van der Waals surface area contributed by atoms with E-state index in [0.29, 0.717) is 27.1 Å². The summed E-state index contributed by atoms with van der Waals surface area (Å²) in [4.78, 5) is 34.5. The van der Waals surface area contributed by atoms with Crippen LogP contribution in [0.5, 0.6) is 11.5 Å². The lowest BCUT2D eigenvalue weighted by molar-refractivity contribution is -0.384. The van der Waals surface area contributed by atoms with E-state index in [-0.39, 0.29) is 5.69 Å². The highest BCUT2D eigenvalue weighted by molar-refractivity contribution is 9.10. The number of carbonyl (C=O) groups excluding carboxylic acids is 2. The maximum atomic E-state index is 12.2. The summed E-state index contributed by atoms with van der Waals surface area (Å²) in [6.07, 6.45) is 0.554. The smallest absolute Gasteiger partial charge is 0.344 e. The van der Waals surface area contributed by atoms with Crippen molar-refractivity contribution in [3.05, 3.63) is 98.5 Å². The summed E-state index contributed by atoms with van der Waals surface area (Å²) in [5.41, 5.74) is 3.37. The van der Waals surface area contributed by atoms with Crippen molar-refractivity contribution in [3.8, 4) is 11.5 Å². The molecule has 0 aromatic heterocycles. The van der Waals surface area contributed by atoms with Crippen LogP contribution in [0.1, 0.15) is 22.8 Å². The Labute approximate surface area is 197 Å². The average Bonchev–Trinajstić information content (AvgIpc) is 2.80. The summed E-state index contributed by atoms with van der Waals surface area (Å²) in [5.74, 6) is -0.302. The van der Waals surface area contributed by atoms with E-state index in [1.165, 1.54) is 37.4 Å². The third-order valence-electron chi connectivity index (χ3n) is 4.30. The van der Waals surface area contributed by atoms with Crippen LogP contribution >= 0.6 is 15.9 Å². The molecule has 1 amide bonds. The predicted octanol–water partition coefficient (Wildman–Crippen LogP) is 4.49. The summed E-state index contributed by atoms with van der Waals surface area (Å²) < 4.78 is 11.4. The highest BCUT2D eigenvalue weighted by Gasteiger charge is 2.15. The van der Waals surface area contributed by atoms with Crippen LogP contribution in [0.4, 0.5) is 5.69 Å². The standard InChI is InChI=1S/C23H18BrN3O6/c1-15(32-18-12-8-17(9-13-18)27(30)31)22(28)26-25-14-16-6-10-19(11-7-16)33-23(29)20-4-2-3-5-21(20)24/h2-15H,1H3,(H,26,28)/b25-14-/t15-/m0/s1. The van der Waals surface area contributed by atoms with Crippen molar-refractivity contribution in [3.63, 3.8) is 0 Å². The number of hydrogen-bond acceptors (Lipinski definition) is 7. The number of rotatable bonds is 8. The molecule has 0 fully saturated rings. The molecule has 0 saturated carbocycles. The van der Waals surface area contributed by atoms with E-state index < -0.39 is 22.9 Å². The van der Waals surface area contributed by atoms with Gasteiger partial charge in [-0.25, -0.2) is 10.2 Å². The molecule has 1 N–H and O–H groups in total. The fraction of sp³-hybridized carbons (Fsp3) is 0.0870. The molecule has 0 aliphatic heterocycles. The third-order valence-corrected chi connectivity index (χ3v) is 4.99. The summed E-state index contributed by atoms with van der Waals surface area (Å²) in [6, 6.07) is 18.9. The number of hydrazone groups is 1. The van der Waals surface area contributed by atoms with E-state index in [1.54, 1.807) is 48.5 Å². The van der Waals surface area contributed by atoms with Crippen molar-refractivity contribution in [2.24, 2.45) is 5.10 Å². The molecule has 0 spiro atoms. The molecular weight excluding hydrogens is 494 g/mol. The van der Waals surface area contributed by atoms with Gasteiger partial charge in [0.1, 0.15) is 11.5 Å². The minimum atomic E-state index is -0.872. The van der Waals surface area contributed by atoms with Crippen LogP contribution in [0, 0.1) is 10.1 Å². The molecule has 3 rings (SSSR count). The second kappa shape index (κ2) is 11.0. The van der Waals surface area contributed by atoms with Crippen molar-refractivity contribution in [1.82, 2.24) is 5.43 Å². The van der Waals surface area contributed by atoms with E-state index >= 15 is 0 Å². The molecule has 0 saturated heterocycles. The number of nitro groups is 1. The van der Waals surface area contributed by atoms with Crippen molar-refractivity contribution in [1.29, 1.82) is 0 Å². The Balaban J connectivity index is 1.50. The normalized spacial score (nSPS) is 11.6. The van der Waals surface area contributed by atoms with Crippen LogP contribution in [0.2, 0.25) is 0 Å². The highest BCUT2D eigenvalue weighted by Crippen LogP contribution is 2.20. The van der Waals surface area contributed by atoms with E-state index in [2.05, 4.69) is 26.5 Å². The zero-order valence-corrected chi connectivity index (χ0v) is 18.9. The van der Waals surface area contributed by atoms with Gasteiger partial charge in [0.15, 0.2) is 6.10 Å². The Morgan fingerprint density at radius 1 is 1.03 bits per heavy atom. The first-order valence-corrected chi connectivity index (χ1v) is 10.4. The van der Waals surface area contributed by atoms with Gasteiger partial charge >= 0.3 is 5.97 Å². The van der Waals surface area contributed by atoms with Crippen LogP contribution in [-0.4, -0.2) is 29.1 Å². The zero-order chi connectivity index (χ0) is 23.8. The summed E-state index contributed by atoms with van der Waals surface area (Å²) in [7, 11) is 0. The van der Waals surface area contributed by atoms with E-state index in [0.717, 1.165) is 0 Å². The molecule has 10 heteroatoms. The second-order valence-electron chi connectivity index (χ2n) is 6.68. The highest BCUT2D eigenvalue weighted by atomic mass is 79.9. The van der Waals surface area contributed by atoms with Crippen molar-refractivity contribution < 1.29 is 24.0 Å². The summed E-state index contributed by atoms with van der Waals surface area (Å²) in [6.45, 7) is 1.53. The lowest BCUT2D eigenvalue weighted by Crippen LogP contribution is -2.33. The summed E-state index contributed by atoms with van der Waals surface area (Å²) in [5, 5.41) is 14.6. The Morgan fingerprint density at radius 2 is 1.67 bits per heavy atom. The average molecular weight is 512 g/mol. The Bertz CT molecular complexity index is 1180. The SMILES string of the molecule is C[C@H](Oc1ccc([N+](=O)[O-])cc1)C(=O)N/N=C\c1ccc(OC(=O)c2ccccc2Br)cc1. The number of carbonyl (C=O) groups is 2. The van der Waals surface area contributed by atoms with Gasteiger partial charge in [-0.2, -0.15) is 5.10 Å². The minimum Gasteiger partial charge on any atom is -0.481 e. The molecule has 0 aliphatic rings. The van der Waals surface area contributed by atoms with Gasteiger partial charge in [0.05, 0.1) is 16.7 Å². The number of amides is 1. The van der Waals surface area contributed by atoms with Crippen molar-refractivity contribution in [2.45, 2.75) is 13.0 Å². The minimum absolute atomic E-state index is 0.0715. The van der Waals surface area contributed by atoms with Crippen LogP contribution in [0.3, 0.4) is 0 Å². The molecule has 168 valence electrons. The first kappa shape index (κ1) is 23.6. The largest absolute Gasteiger partial charge is 0.481 e. The van der Waals surface area contributed by atoms with Gasteiger partial charge in [-0.1, -0.05) is 12.1 Å². The van der Waals surface area contributed by atoms with E-state index in [1.807, 2.05) is 0 Å². The first-order chi connectivity index (χ1) is 15.8. The third kappa shape index (κ3) is 6.71. The van der Waals surface area contributed by atoms with Crippen LogP contribution in [0.15, 0.2) is 82.4 Å². The van der Waals surface area contributed by atoms with Crippen LogP contribution in [0.25, 0.3) is 0 Å². The van der Waals surface area contributed by atoms with Crippen molar-refractivity contribution in [2.75, 3.05) is 0 Å². The molecule has 1 atom stereocenters. The Morgan fingerprint density at radius 3 is 2.30 bits per heavy atom. The molecular formula is C23H18BrN3O6. The van der Waals surface area contributed by atoms with Gasteiger partial charge < -0.3 is 9.47 Å². The molecule has 3 aromatic carbocycles. The van der Waals surface area contributed by atoms with Crippen LogP contribution in [-0.2, 0) is 4.79 Å². The number of ether oxygens (including phenoxy) is 2. The van der Waals surface area contributed by atoms with Gasteiger partial charge in [0, 0.05) is 16.6 Å². The van der Waals surface area contributed by atoms with Gasteiger partial charge in [-0.05, 0) is 76.9 Å². The maximum Gasteiger partial charge on any atom is 0.344 e. The van der Waals surface area contributed by atoms with Gasteiger partial charge in [0.25, 0.3) is 11.6 Å². The molecule has 0 bridgehead atoms. The maximum absolute atomic E-state index is 12.2. The van der Waals surface area contributed by atoms with E-state index in [4.69, 9.17) is 9.47 Å². The number of halogens is 1. The number of non-ortho nitro benzene ring substituents is 1. The number of benzene rings is 3. The monoisotopic (exact) mass is 511 g/mol. The number of hydrogen-bond donors (Lipinski definition) is 1. The fourth-order valence-corrected chi connectivity index (χ4v) is 3.02. The Kier molecular flexibility index (Phi) is 7.87. The van der Waals surface area contributed by atoms with Gasteiger partial charge in [0.2, 0.25) is 0 Å². The zero-order valence-electron chi connectivity index (χ0n) is 17.3. The quantitative estimate of drug-likeness (QED) is 0.156. The fourth-order valence-electron chi connectivity index (χ4n) is 2.58. The molecule has 0 heterocycles. The second-order valence-corrected chi connectivity index (χ2v) is 7.54.